The lowest BCUT2D eigenvalue weighted by molar-refractivity contribution is 0.156. The average Bonchev–Trinajstić information content (AvgIpc) is 2.61. The van der Waals surface area contributed by atoms with Gasteiger partial charge in [0.2, 0.25) is 5.89 Å². The zero-order chi connectivity index (χ0) is 12.0. The van der Waals surface area contributed by atoms with Gasteiger partial charge in [0.05, 0.1) is 18.7 Å². The zero-order valence-corrected chi connectivity index (χ0v) is 10.3. The van der Waals surface area contributed by atoms with Crippen molar-refractivity contribution >= 4 is 6.01 Å². The highest BCUT2D eigenvalue weighted by Gasteiger charge is 2.20. The third-order valence-corrected chi connectivity index (χ3v) is 1.94. The first kappa shape index (κ1) is 12.9. The van der Waals surface area contributed by atoms with Crippen molar-refractivity contribution in [3.8, 4) is 0 Å². The number of hydrogen-bond donors (Lipinski definition) is 2. The van der Waals surface area contributed by atoms with Gasteiger partial charge in [0.15, 0.2) is 0 Å². The Kier molecular flexibility index (Phi) is 4.70. The molecule has 0 spiro atoms. The molecule has 0 aliphatic rings. The smallest absolute Gasteiger partial charge is 0.316 e. The van der Waals surface area contributed by atoms with Crippen molar-refractivity contribution in [2.24, 2.45) is 0 Å². The van der Waals surface area contributed by atoms with Crippen molar-refractivity contribution in [3.05, 3.63) is 5.89 Å². The van der Waals surface area contributed by atoms with Crippen LogP contribution in [0.2, 0.25) is 0 Å². The first-order valence-corrected chi connectivity index (χ1v) is 5.37. The molecule has 0 unspecified atom stereocenters. The number of aromatic nitrogens is 2. The SMILES string of the molecule is CCNCc1nnc(NC(C)(C)COC)o1. The van der Waals surface area contributed by atoms with Crippen LogP contribution in [0, 0.1) is 0 Å². The van der Waals surface area contributed by atoms with Crippen molar-refractivity contribution in [1.82, 2.24) is 15.5 Å². The second-order valence-corrected chi connectivity index (χ2v) is 4.22. The van der Waals surface area contributed by atoms with Crippen LogP contribution in [0.3, 0.4) is 0 Å². The van der Waals surface area contributed by atoms with Gasteiger partial charge in [-0.05, 0) is 20.4 Å². The van der Waals surface area contributed by atoms with Crippen LogP contribution in [-0.4, -0.2) is 36.0 Å². The molecule has 0 saturated heterocycles. The van der Waals surface area contributed by atoms with Gasteiger partial charge in [-0.25, -0.2) is 0 Å². The topological polar surface area (TPSA) is 72.2 Å². The Hall–Kier alpha value is -1.14. The van der Waals surface area contributed by atoms with E-state index < -0.39 is 0 Å². The van der Waals surface area contributed by atoms with Crippen LogP contribution in [0.4, 0.5) is 6.01 Å². The third kappa shape index (κ3) is 4.16. The average molecular weight is 228 g/mol. The molecule has 1 aromatic heterocycles. The van der Waals surface area contributed by atoms with Crippen LogP contribution in [-0.2, 0) is 11.3 Å². The molecule has 2 N–H and O–H groups in total. The Labute approximate surface area is 95.8 Å². The molecule has 0 aliphatic carbocycles. The fourth-order valence-corrected chi connectivity index (χ4v) is 1.29. The highest BCUT2D eigenvalue weighted by molar-refractivity contribution is 5.22. The van der Waals surface area contributed by atoms with Crippen LogP contribution in [0.15, 0.2) is 4.42 Å². The van der Waals surface area contributed by atoms with Crippen molar-refractivity contribution in [2.75, 3.05) is 25.6 Å². The van der Waals surface area contributed by atoms with E-state index in [1.54, 1.807) is 7.11 Å². The van der Waals surface area contributed by atoms with E-state index in [-0.39, 0.29) is 5.54 Å². The maximum Gasteiger partial charge on any atom is 0.316 e. The van der Waals surface area contributed by atoms with Crippen LogP contribution in [0.5, 0.6) is 0 Å². The minimum absolute atomic E-state index is 0.225. The van der Waals surface area contributed by atoms with Crippen molar-refractivity contribution in [1.29, 1.82) is 0 Å². The van der Waals surface area contributed by atoms with Crippen molar-refractivity contribution < 1.29 is 9.15 Å². The Morgan fingerprint density at radius 2 is 2.12 bits per heavy atom. The van der Waals surface area contributed by atoms with E-state index in [4.69, 9.17) is 9.15 Å². The van der Waals surface area contributed by atoms with Crippen molar-refractivity contribution in [2.45, 2.75) is 32.9 Å². The molecule has 92 valence electrons. The van der Waals surface area contributed by atoms with Crippen LogP contribution < -0.4 is 10.6 Å². The zero-order valence-electron chi connectivity index (χ0n) is 10.3. The van der Waals surface area contributed by atoms with Gasteiger partial charge in [-0.1, -0.05) is 12.0 Å². The van der Waals surface area contributed by atoms with E-state index >= 15 is 0 Å². The van der Waals surface area contributed by atoms with Gasteiger partial charge in [0.25, 0.3) is 0 Å². The van der Waals surface area contributed by atoms with Gasteiger partial charge >= 0.3 is 6.01 Å². The Bertz CT molecular complexity index is 312. The molecule has 0 atom stereocenters. The number of rotatable bonds is 7. The van der Waals surface area contributed by atoms with Gasteiger partial charge in [0, 0.05) is 7.11 Å². The van der Waals surface area contributed by atoms with Crippen LogP contribution in [0.1, 0.15) is 26.7 Å². The molecule has 0 fully saturated rings. The predicted molar refractivity (Wildman–Crippen MR) is 61.3 cm³/mol. The number of ether oxygens (including phenoxy) is 1. The summed E-state index contributed by atoms with van der Waals surface area (Å²) in [6.45, 7) is 8.07. The fourth-order valence-electron chi connectivity index (χ4n) is 1.29. The van der Waals surface area contributed by atoms with Gasteiger partial charge in [-0.2, -0.15) is 0 Å². The largest absolute Gasteiger partial charge is 0.407 e. The lowest BCUT2D eigenvalue weighted by Crippen LogP contribution is -2.36. The van der Waals surface area contributed by atoms with Crippen LogP contribution in [0.25, 0.3) is 0 Å². The first-order chi connectivity index (χ1) is 7.57. The van der Waals surface area contributed by atoms with E-state index in [1.165, 1.54) is 0 Å². The summed E-state index contributed by atoms with van der Waals surface area (Å²) in [5, 5.41) is 14.1. The molecule has 0 radical (unpaired) electrons. The Morgan fingerprint density at radius 3 is 2.75 bits per heavy atom. The molecule has 1 heterocycles. The molecule has 6 heteroatoms. The van der Waals surface area contributed by atoms with E-state index in [2.05, 4.69) is 20.8 Å². The van der Waals surface area contributed by atoms with Gasteiger partial charge < -0.3 is 19.8 Å². The summed E-state index contributed by atoms with van der Waals surface area (Å²) in [7, 11) is 1.66. The Morgan fingerprint density at radius 1 is 1.38 bits per heavy atom. The maximum absolute atomic E-state index is 5.42. The first-order valence-electron chi connectivity index (χ1n) is 5.37. The summed E-state index contributed by atoms with van der Waals surface area (Å²) >= 11 is 0. The summed E-state index contributed by atoms with van der Waals surface area (Å²) < 4.78 is 10.5. The quantitative estimate of drug-likeness (QED) is 0.726. The van der Waals surface area contributed by atoms with Gasteiger partial charge in [-0.3, -0.25) is 0 Å². The standard InChI is InChI=1S/C10H20N4O2/c1-5-11-6-8-13-14-9(16-8)12-10(2,3)7-15-4/h11H,5-7H2,1-4H3,(H,12,14). The lowest BCUT2D eigenvalue weighted by Gasteiger charge is -2.23. The van der Waals surface area contributed by atoms with E-state index in [1.807, 2.05) is 20.8 Å². The van der Waals surface area contributed by atoms with E-state index in [9.17, 15) is 0 Å². The number of nitrogens with one attached hydrogen (secondary N) is 2. The molecule has 0 amide bonds. The molecule has 16 heavy (non-hydrogen) atoms. The van der Waals surface area contributed by atoms with Gasteiger partial charge in [0.1, 0.15) is 0 Å². The third-order valence-electron chi connectivity index (χ3n) is 1.94. The fraction of sp³-hybridized carbons (Fsp3) is 0.800. The molecule has 0 bridgehead atoms. The minimum atomic E-state index is -0.225. The number of hydrogen-bond acceptors (Lipinski definition) is 6. The normalized spacial score (nSPS) is 11.8. The molecule has 0 saturated carbocycles. The molecular weight excluding hydrogens is 208 g/mol. The highest BCUT2D eigenvalue weighted by Crippen LogP contribution is 2.13. The molecule has 0 aliphatic heterocycles. The summed E-state index contributed by atoms with van der Waals surface area (Å²) in [5.41, 5.74) is -0.225. The van der Waals surface area contributed by atoms with E-state index in [0.717, 1.165) is 6.54 Å². The maximum atomic E-state index is 5.42. The lowest BCUT2D eigenvalue weighted by atomic mass is 10.1. The summed E-state index contributed by atoms with van der Waals surface area (Å²) in [6, 6.07) is 0.426. The summed E-state index contributed by atoms with van der Waals surface area (Å²) in [5.74, 6) is 0.581. The van der Waals surface area contributed by atoms with Crippen molar-refractivity contribution in [3.63, 3.8) is 0 Å². The molecule has 6 nitrogen and oxygen atoms in total. The monoisotopic (exact) mass is 228 g/mol. The van der Waals surface area contributed by atoms with E-state index in [0.29, 0.717) is 25.1 Å². The summed E-state index contributed by atoms with van der Waals surface area (Å²) in [4.78, 5) is 0. The minimum Gasteiger partial charge on any atom is -0.407 e. The second-order valence-electron chi connectivity index (χ2n) is 4.22. The molecule has 1 rings (SSSR count). The molecule has 1 aromatic rings. The second kappa shape index (κ2) is 5.81. The highest BCUT2D eigenvalue weighted by atomic mass is 16.5. The molecule has 0 aromatic carbocycles. The number of methoxy groups -OCH3 is 1. The number of anilines is 1. The van der Waals surface area contributed by atoms with Crippen LogP contribution >= 0.6 is 0 Å². The van der Waals surface area contributed by atoms with Gasteiger partial charge in [-0.15, -0.1) is 5.10 Å². The predicted octanol–water partition coefficient (Wildman–Crippen LogP) is 1.02. The molecular formula is C10H20N4O2. The number of nitrogens with zero attached hydrogens (tertiary/aromatic N) is 2. The Balaban J connectivity index is 2.51. The summed E-state index contributed by atoms with van der Waals surface area (Å²) in [6.07, 6.45) is 0.